The Labute approximate surface area is 92.4 Å². The predicted octanol–water partition coefficient (Wildman–Crippen LogP) is -0.0870. The van der Waals surface area contributed by atoms with Crippen molar-refractivity contribution in [1.29, 1.82) is 0 Å². The van der Waals surface area contributed by atoms with E-state index >= 15 is 0 Å². The fraction of sp³-hybridized carbons (Fsp3) is 1.00. The second kappa shape index (κ2) is 4.37. The van der Waals surface area contributed by atoms with Gasteiger partial charge in [-0.2, -0.15) is 17.4 Å². The molecule has 1 fully saturated rings. The van der Waals surface area contributed by atoms with Gasteiger partial charge >= 0.3 is 0 Å². The smallest absolute Gasteiger partial charge is 0.280 e. The molecule has 5 nitrogen and oxygen atoms in total. The minimum absolute atomic E-state index is 0.0126. The fourth-order valence-electron chi connectivity index (χ4n) is 1.63. The first kappa shape index (κ1) is 12.9. The number of piperazine rings is 1. The SMILES string of the molecule is C[C@H]1CNCCN1S(=O)(=O)NC(C)(C)C. The molecule has 90 valence electrons. The van der Waals surface area contributed by atoms with Crippen LogP contribution < -0.4 is 10.0 Å². The van der Waals surface area contributed by atoms with Gasteiger partial charge in [0.25, 0.3) is 10.2 Å². The Balaban J connectivity index is 2.76. The lowest BCUT2D eigenvalue weighted by Crippen LogP contribution is -2.58. The highest BCUT2D eigenvalue weighted by Gasteiger charge is 2.31. The molecule has 0 saturated carbocycles. The van der Waals surface area contributed by atoms with Crippen LogP contribution in [0, 0.1) is 0 Å². The Morgan fingerprint density at radius 3 is 2.47 bits per heavy atom. The molecular formula is C9H21N3O2S. The normalized spacial score (nSPS) is 25.5. The number of nitrogens with zero attached hydrogens (tertiary/aromatic N) is 1. The molecule has 6 heteroatoms. The number of rotatable bonds is 2. The van der Waals surface area contributed by atoms with Crippen LogP contribution in [-0.4, -0.2) is 43.9 Å². The maximum atomic E-state index is 12.0. The summed E-state index contributed by atoms with van der Waals surface area (Å²) in [5.41, 5.74) is -0.427. The molecule has 1 rings (SSSR count). The molecule has 1 aliphatic rings. The zero-order chi connectivity index (χ0) is 11.7. The van der Waals surface area contributed by atoms with E-state index in [1.54, 1.807) is 0 Å². The van der Waals surface area contributed by atoms with Gasteiger partial charge in [0.2, 0.25) is 0 Å². The summed E-state index contributed by atoms with van der Waals surface area (Å²) in [5, 5.41) is 3.17. The first-order chi connectivity index (χ1) is 6.72. The highest BCUT2D eigenvalue weighted by atomic mass is 32.2. The van der Waals surface area contributed by atoms with Crippen molar-refractivity contribution in [2.45, 2.75) is 39.3 Å². The lowest BCUT2D eigenvalue weighted by Gasteiger charge is -2.35. The van der Waals surface area contributed by atoms with Crippen LogP contribution in [0.5, 0.6) is 0 Å². The molecule has 0 aromatic carbocycles. The van der Waals surface area contributed by atoms with Gasteiger partial charge < -0.3 is 5.32 Å². The first-order valence-corrected chi connectivity index (χ1v) is 6.68. The largest absolute Gasteiger partial charge is 0.314 e. The fourth-order valence-corrected chi connectivity index (χ4v) is 3.40. The van der Waals surface area contributed by atoms with Crippen LogP contribution in [0.15, 0.2) is 0 Å². The van der Waals surface area contributed by atoms with Crippen molar-refractivity contribution < 1.29 is 8.42 Å². The number of hydrogen-bond donors (Lipinski definition) is 2. The molecule has 0 spiro atoms. The van der Waals surface area contributed by atoms with Gasteiger partial charge in [0.1, 0.15) is 0 Å². The molecule has 0 radical (unpaired) electrons. The van der Waals surface area contributed by atoms with Gasteiger partial charge in [0.05, 0.1) is 0 Å². The molecule has 2 N–H and O–H groups in total. The molecule has 0 bridgehead atoms. The van der Waals surface area contributed by atoms with Gasteiger partial charge in [-0.25, -0.2) is 0 Å². The third-order valence-corrected chi connectivity index (χ3v) is 4.21. The van der Waals surface area contributed by atoms with Crippen molar-refractivity contribution in [1.82, 2.24) is 14.3 Å². The standard InChI is InChI=1S/C9H21N3O2S/c1-8-7-10-5-6-12(8)15(13,14)11-9(2,3)4/h8,10-11H,5-7H2,1-4H3/t8-/m0/s1. The monoisotopic (exact) mass is 235 g/mol. The Hall–Kier alpha value is -0.170. The summed E-state index contributed by atoms with van der Waals surface area (Å²) in [4.78, 5) is 0. The zero-order valence-corrected chi connectivity index (χ0v) is 10.7. The Bertz CT molecular complexity index is 308. The summed E-state index contributed by atoms with van der Waals surface area (Å²) in [6.07, 6.45) is 0. The van der Waals surface area contributed by atoms with E-state index in [0.717, 1.165) is 6.54 Å². The van der Waals surface area contributed by atoms with E-state index in [1.165, 1.54) is 4.31 Å². The maximum absolute atomic E-state index is 12.0. The van der Waals surface area contributed by atoms with E-state index in [2.05, 4.69) is 10.0 Å². The van der Waals surface area contributed by atoms with Gasteiger partial charge in [-0.1, -0.05) is 0 Å². The molecule has 1 aliphatic heterocycles. The van der Waals surface area contributed by atoms with Crippen LogP contribution >= 0.6 is 0 Å². The van der Waals surface area contributed by atoms with E-state index in [-0.39, 0.29) is 6.04 Å². The minimum Gasteiger partial charge on any atom is -0.314 e. The van der Waals surface area contributed by atoms with Crippen molar-refractivity contribution in [3.05, 3.63) is 0 Å². The van der Waals surface area contributed by atoms with Crippen molar-refractivity contribution in [2.75, 3.05) is 19.6 Å². The number of nitrogens with one attached hydrogen (secondary N) is 2. The Morgan fingerprint density at radius 1 is 1.40 bits per heavy atom. The Kier molecular flexibility index (Phi) is 3.76. The second-order valence-corrected chi connectivity index (χ2v) is 6.64. The molecule has 0 amide bonds. The molecule has 1 heterocycles. The molecule has 0 unspecified atom stereocenters. The van der Waals surface area contributed by atoms with Crippen molar-refractivity contribution in [2.24, 2.45) is 0 Å². The third-order valence-electron chi connectivity index (χ3n) is 2.18. The highest BCUT2D eigenvalue weighted by Crippen LogP contribution is 2.11. The van der Waals surface area contributed by atoms with E-state index in [9.17, 15) is 8.42 Å². The molecule has 0 aromatic rings. The van der Waals surface area contributed by atoms with E-state index in [4.69, 9.17) is 0 Å². The van der Waals surface area contributed by atoms with Crippen LogP contribution in [-0.2, 0) is 10.2 Å². The summed E-state index contributed by atoms with van der Waals surface area (Å²) in [5.74, 6) is 0. The third kappa shape index (κ3) is 3.71. The summed E-state index contributed by atoms with van der Waals surface area (Å²) in [6, 6.07) is 0.0126. The van der Waals surface area contributed by atoms with Gasteiger partial charge in [0.15, 0.2) is 0 Å². The maximum Gasteiger partial charge on any atom is 0.280 e. The van der Waals surface area contributed by atoms with Gasteiger partial charge in [-0.05, 0) is 27.7 Å². The van der Waals surface area contributed by atoms with Crippen LogP contribution in [0.3, 0.4) is 0 Å². The lowest BCUT2D eigenvalue weighted by atomic mass is 10.1. The van der Waals surface area contributed by atoms with Gasteiger partial charge in [0, 0.05) is 31.2 Å². The predicted molar refractivity (Wildman–Crippen MR) is 60.8 cm³/mol. The summed E-state index contributed by atoms with van der Waals surface area (Å²) in [7, 11) is -3.35. The summed E-state index contributed by atoms with van der Waals surface area (Å²) in [6.45, 7) is 9.41. The molecule has 0 aromatic heterocycles. The minimum atomic E-state index is -3.35. The van der Waals surface area contributed by atoms with Crippen LogP contribution in [0.2, 0.25) is 0 Å². The second-order valence-electron chi connectivity index (χ2n) is 5.02. The topological polar surface area (TPSA) is 61.4 Å². The summed E-state index contributed by atoms with van der Waals surface area (Å²) < 4.78 is 28.2. The van der Waals surface area contributed by atoms with Crippen molar-refractivity contribution in [3.63, 3.8) is 0 Å². The first-order valence-electron chi connectivity index (χ1n) is 5.24. The quantitative estimate of drug-likeness (QED) is 0.703. The van der Waals surface area contributed by atoms with Crippen LogP contribution in [0.25, 0.3) is 0 Å². The number of hydrogen-bond acceptors (Lipinski definition) is 3. The van der Waals surface area contributed by atoms with Crippen molar-refractivity contribution >= 4 is 10.2 Å². The van der Waals surface area contributed by atoms with Crippen molar-refractivity contribution in [3.8, 4) is 0 Å². The summed E-state index contributed by atoms with van der Waals surface area (Å²) >= 11 is 0. The van der Waals surface area contributed by atoms with Gasteiger partial charge in [-0.15, -0.1) is 0 Å². The molecule has 1 saturated heterocycles. The highest BCUT2D eigenvalue weighted by molar-refractivity contribution is 7.87. The zero-order valence-electron chi connectivity index (χ0n) is 9.87. The van der Waals surface area contributed by atoms with Crippen LogP contribution in [0.4, 0.5) is 0 Å². The van der Waals surface area contributed by atoms with E-state index in [1.807, 2.05) is 27.7 Å². The van der Waals surface area contributed by atoms with Gasteiger partial charge in [-0.3, -0.25) is 0 Å². The van der Waals surface area contributed by atoms with E-state index < -0.39 is 15.7 Å². The molecule has 15 heavy (non-hydrogen) atoms. The molecule has 1 atom stereocenters. The molecular weight excluding hydrogens is 214 g/mol. The average Bonchev–Trinajstić information content (AvgIpc) is 1.99. The van der Waals surface area contributed by atoms with Crippen LogP contribution in [0.1, 0.15) is 27.7 Å². The lowest BCUT2D eigenvalue weighted by molar-refractivity contribution is 0.275. The Morgan fingerprint density at radius 2 is 2.00 bits per heavy atom. The van der Waals surface area contributed by atoms with E-state index in [0.29, 0.717) is 13.1 Å². The average molecular weight is 235 g/mol. The molecule has 0 aliphatic carbocycles.